The monoisotopic (exact) mass is 349 g/mol. The summed E-state index contributed by atoms with van der Waals surface area (Å²) in [5, 5.41) is 24.5. The first-order valence-corrected chi connectivity index (χ1v) is 8.10. The number of ether oxygens (including phenoxy) is 1. The van der Waals surface area contributed by atoms with E-state index in [0.717, 1.165) is 16.9 Å². The van der Waals surface area contributed by atoms with Crippen molar-refractivity contribution in [2.45, 2.75) is 20.3 Å². The zero-order valence-corrected chi connectivity index (χ0v) is 14.8. The van der Waals surface area contributed by atoms with Crippen LogP contribution in [-0.2, 0) is 6.42 Å². The summed E-state index contributed by atoms with van der Waals surface area (Å²) in [4.78, 5) is 0. The van der Waals surface area contributed by atoms with Crippen LogP contribution in [0.1, 0.15) is 18.2 Å². The van der Waals surface area contributed by atoms with E-state index in [0.29, 0.717) is 29.0 Å². The van der Waals surface area contributed by atoms with Crippen molar-refractivity contribution in [2.75, 3.05) is 7.11 Å². The molecule has 1 heterocycles. The quantitative estimate of drug-likeness (QED) is 0.687. The number of benzene rings is 2. The van der Waals surface area contributed by atoms with Gasteiger partial charge in [-0.3, -0.25) is 0 Å². The molecule has 26 heavy (non-hydrogen) atoms. The van der Waals surface area contributed by atoms with Gasteiger partial charge in [-0.25, -0.2) is 0 Å². The van der Waals surface area contributed by atoms with Gasteiger partial charge in [0, 0.05) is 23.6 Å². The minimum absolute atomic E-state index is 0.000198. The Balaban J connectivity index is 2.14. The highest BCUT2D eigenvalue weighted by Gasteiger charge is 2.20. The Bertz CT molecular complexity index is 991. The summed E-state index contributed by atoms with van der Waals surface area (Å²) in [7, 11) is 1.61. The molecule has 5 nitrogen and oxygen atoms in total. The second-order valence-electron chi connectivity index (χ2n) is 5.79. The number of nitrogens with zero attached hydrogens (tertiary/aromatic N) is 1. The van der Waals surface area contributed by atoms with Gasteiger partial charge in [0.05, 0.1) is 12.7 Å². The van der Waals surface area contributed by atoms with Crippen molar-refractivity contribution in [3.05, 3.63) is 47.7 Å². The normalized spacial score (nSPS) is 10.3. The van der Waals surface area contributed by atoms with Crippen molar-refractivity contribution >= 4 is 0 Å². The lowest BCUT2D eigenvalue weighted by molar-refractivity contribution is 0.399. The number of aromatic nitrogens is 1. The number of hydrogen-bond acceptors (Lipinski definition) is 5. The number of phenols is 2. The first-order chi connectivity index (χ1) is 12.5. The predicted molar refractivity (Wildman–Crippen MR) is 99.1 cm³/mol. The van der Waals surface area contributed by atoms with Crippen LogP contribution in [0.2, 0.25) is 0 Å². The summed E-state index contributed by atoms with van der Waals surface area (Å²) in [6.45, 7) is 3.55. The van der Waals surface area contributed by atoms with Crippen molar-refractivity contribution in [1.82, 2.24) is 5.16 Å². The van der Waals surface area contributed by atoms with Crippen molar-refractivity contribution in [3.63, 3.8) is 0 Å². The number of methoxy groups -OCH3 is 1. The molecule has 0 aliphatic rings. The fraction of sp³-hybridized carbons (Fsp3) is 0.190. The smallest absolute Gasteiger partial charge is 0.142 e. The van der Waals surface area contributed by atoms with Crippen molar-refractivity contribution < 1.29 is 19.5 Å². The SMILES string of the molecule is CC#CCc1cc(-c2noc(C)c2-c2ccc(OC)cc2)c(O)cc1O. The molecule has 132 valence electrons. The number of hydrogen-bond donors (Lipinski definition) is 2. The number of aryl methyl sites for hydroxylation is 1. The first kappa shape index (κ1) is 17.4. The van der Waals surface area contributed by atoms with Gasteiger partial charge in [-0.05, 0) is 37.6 Å². The van der Waals surface area contributed by atoms with E-state index in [1.54, 1.807) is 20.1 Å². The zero-order valence-electron chi connectivity index (χ0n) is 14.8. The summed E-state index contributed by atoms with van der Waals surface area (Å²) >= 11 is 0. The maximum Gasteiger partial charge on any atom is 0.142 e. The fourth-order valence-electron chi connectivity index (χ4n) is 2.79. The molecule has 0 spiro atoms. The molecule has 1 aromatic heterocycles. The molecule has 0 saturated heterocycles. The van der Waals surface area contributed by atoms with Crippen molar-refractivity contribution in [1.29, 1.82) is 0 Å². The van der Waals surface area contributed by atoms with Crippen LogP contribution in [-0.4, -0.2) is 22.5 Å². The van der Waals surface area contributed by atoms with E-state index in [1.807, 2.05) is 31.2 Å². The van der Waals surface area contributed by atoms with Crippen LogP contribution in [0.5, 0.6) is 17.2 Å². The third kappa shape index (κ3) is 3.22. The highest BCUT2D eigenvalue weighted by atomic mass is 16.5. The van der Waals surface area contributed by atoms with Gasteiger partial charge in [0.15, 0.2) is 0 Å². The third-order valence-corrected chi connectivity index (χ3v) is 4.15. The van der Waals surface area contributed by atoms with E-state index in [-0.39, 0.29) is 11.5 Å². The van der Waals surface area contributed by atoms with Gasteiger partial charge in [-0.15, -0.1) is 5.92 Å². The van der Waals surface area contributed by atoms with Gasteiger partial charge < -0.3 is 19.5 Å². The van der Waals surface area contributed by atoms with E-state index < -0.39 is 0 Å². The molecule has 0 bridgehead atoms. The zero-order chi connectivity index (χ0) is 18.7. The lowest BCUT2D eigenvalue weighted by Gasteiger charge is -2.09. The summed E-state index contributed by atoms with van der Waals surface area (Å²) in [5.41, 5.74) is 3.28. The van der Waals surface area contributed by atoms with Crippen LogP contribution in [0.4, 0.5) is 0 Å². The molecule has 0 atom stereocenters. The van der Waals surface area contributed by atoms with Crippen LogP contribution in [0.15, 0.2) is 40.9 Å². The van der Waals surface area contributed by atoms with Gasteiger partial charge in [-0.2, -0.15) is 0 Å². The Kier molecular flexibility index (Phi) is 4.85. The van der Waals surface area contributed by atoms with E-state index >= 15 is 0 Å². The number of aromatic hydroxyl groups is 2. The van der Waals surface area contributed by atoms with Crippen LogP contribution in [0, 0.1) is 18.8 Å². The van der Waals surface area contributed by atoms with Crippen molar-refractivity contribution in [3.8, 4) is 51.5 Å². The molecule has 0 radical (unpaired) electrons. The molecular weight excluding hydrogens is 330 g/mol. The second kappa shape index (κ2) is 7.24. The molecule has 0 fully saturated rings. The first-order valence-electron chi connectivity index (χ1n) is 8.10. The third-order valence-electron chi connectivity index (χ3n) is 4.15. The molecule has 0 amide bonds. The Hall–Kier alpha value is -3.39. The van der Waals surface area contributed by atoms with Gasteiger partial charge >= 0.3 is 0 Å². The van der Waals surface area contributed by atoms with E-state index in [9.17, 15) is 10.2 Å². The Morgan fingerprint density at radius 2 is 1.85 bits per heavy atom. The van der Waals surface area contributed by atoms with E-state index in [2.05, 4.69) is 17.0 Å². The van der Waals surface area contributed by atoms with Gasteiger partial charge in [0.25, 0.3) is 0 Å². The molecule has 0 unspecified atom stereocenters. The minimum Gasteiger partial charge on any atom is -0.507 e. The summed E-state index contributed by atoms with van der Waals surface area (Å²) in [6.07, 6.45) is 0.379. The van der Waals surface area contributed by atoms with Gasteiger partial charge in [-0.1, -0.05) is 23.2 Å². The van der Waals surface area contributed by atoms with Crippen LogP contribution in [0.3, 0.4) is 0 Å². The number of phenolic OH excluding ortho intramolecular Hbond substituents is 2. The molecular formula is C21H19NO4. The summed E-state index contributed by atoms with van der Waals surface area (Å²) in [5.74, 6) is 7.03. The molecule has 0 aliphatic heterocycles. The molecule has 2 aromatic carbocycles. The maximum absolute atomic E-state index is 10.4. The predicted octanol–water partition coefficient (Wildman–Crippen LogP) is 4.30. The summed E-state index contributed by atoms with van der Waals surface area (Å²) in [6, 6.07) is 10.5. The van der Waals surface area contributed by atoms with Gasteiger partial charge in [0.1, 0.15) is 28.7 Å². The lowest BCUT2D eigenvalue weighted by atomic mass is 9.96. The standard InChI is InChI=1S/C21H19NO4/c1-4-5-6-15-11-17(19(24)12-18(15)23)21-20(13(2)26-22-21)14-7-9-16(25-3)10-8-14/h7-12,23-24H,6H2,1-3H3. The van der Waals surface area contributed by atoms with E-state index in [1.165, 1.54) is 6.07 Å². The summed E-state index contributed by atoms with van der Waals surface area (Å²) < 4.78 is 10.6. The largest absolute Gasteiger partial charge is 0.507 e. The molecule has 5 heteroatoms. The second-order valence-corrected chi connectivity index (χ2v) is 5.79. The van der Waals surface area contributed by atoms with Crippen LogP contribution in [0.25, 0.3) is 22.4 Å². The number of rotatable bonds is 4. The molecule has 3 rings (SSSR count). The topological polar surface area (TPSA) is 75.7 Å². The van der Waals surface area contributed by atoms with Gasteiger partial charge in [0.2, 0.25) is 0 Å². The fourth-order valence-corrected chi connectivity index (χ4v) is 2.79. The van der Waals surface area contributed by atoms with Crippen molar-refractivity contribution in [2.24, 2.45) is 0 Å². The van der Waals surface area contributed by atoms with E-state index in [4.69, 9.17) is 9.26 Å². The lowest BCUT2D eigenvalue weighted by Crippen LogP contribution is -1.90. The molecule has 0 saturated carbocycles. The minimum atomic E-state index is -0.0706. The Morgan fingerprint density at radius 1 is 1.12 bits per heavy atom. The highest BCUT2D eigenvalue weighted by Crippen LogP contribution is 2.41. The Morgan fingerprint density at radius 3 is 2.50 bits per heavy atom. The Labute approximate surface area is 151 Å². The van der Waals surface area contributed by atoms with Crippen LogP contribution >= 0.6 is 0 Å². The molecule has 2 N–H and O–H groups in total. The van der Waals surface area contributed by atoms with Crippen LogP contribution < -0.4 is 4.74 Å². The average Bonchev–Trinajstić information content (AvgIpc) is 3.02. The average molecular weight is 349 g/mol. The molecule has 3 aromatic rings. The maximum atomic E-state index is 10.4. The molecule has 0 aliphatic carbocycles. The highest BCUT2D eigenvalue weighted by molar-refractivity contribution is 5.85.